The zero-order valence-corrected chi connectivity index (χ0v) is 14.6. The van der Waals surface area contributed by atoms with Gasteiger partial charge in [-0.05, 0) is 36.4 Å². The second-order valence-electron chi connectivity index (χ2n) is 5.98. The minimum absolute atomic E-state index is 0.170. The molecule has 2 aliphatic heterocycles. The molecule has 10 nitrogen and oxygen atoms in total. The molecule has 0 saturated heterocycles. The van der Waals surface area contributed by atoms with Gasteiger partial charge in [0.05, 0.1) is 13.1 Å². The third-order valence-corrected chi connectivity index (χ3v) is 4.11. The molecule has 4 amide bonds. The lowest BCUT2D eigenvalue weighted by Gasteiger charge is -2.28. The lowest BCUT2D eigenvalue weighted by Crippen LogP contribution is -2.45. The molecule has 0 atom stereocenters. The second kappa shape index (κ2) is 7.40. The van der Waals surface area contributed by atoms with Gasteiger partial charge in [0.15, 0.2) is 0 Å². The first-order chi connectivity index (χ1) is 12.9. The lowest BCUT2D eigenvalue weighted by atomic mass is 10.1. The van der Waals surface area contributed by atoms with E-state index in [-0.39, 0.29) is 23.6 Å². The zero-order valence-electron chi connectivity index (χ0n) is 14.6. The normalized spacial score (nSPS) is 15.0. The van der Waals surface area contributed by atoms with Gasteiger partial charge in [-0.2, -0.15) is 0 Å². The van der Waals surface area contributed by atoms with Crippen molar-refractivity contribution in [2.24, 2.45) is 5.84 Å². The van der Waals surface area contributed by atoms with E-state index in [0.717, 1.165) is 21.8 Å². The van der Waals surface area contributed by atoms with Gasteiger partial charge in [0.25, 0.3) is 0 Å². The SMILES string of the molecule is CNN1Cc2cc(O)ccc2NC1=O.NN1Cc2cc(O)ccc2NC1=O. The summed E-state index contributed by atoms with van der Waals surface area (Å²) in [6.07, 6.45) is 0. The van der Waals surface area contributed by atoms with Crippen molar-refractivity contribution in [3.05, 3.63) is 47.5 Å². The molecule has 2 aliphatic rings. The number of rotatable bonds is 1. The van der Waals surface area contributed by atoms with Crippen LogP contribution in [0.15, 0.2) is 36.4 Å². The third kappa shape index (κ3) is 4.02. The van der Waals surface area contributed by atoms with Gasteiger partial charge in [0, 0.05) is 29.5 Å². The van der Waals surface area contributed by atoms with E-state index in [1.54, 1.807) is 37.4 Å². The molecule has 0 aliphatic carbocycles. The maximum absolute atomic E-state index is 11.4. The summed E-state index contributed by atoms with van der Waals surface area (Å²) in [6.45, 7) is 0.766. The van der Waals surface area contributed by atoms with Crippen molar-refractivity contribution in [3.8, 4) is 11.5 Å². The van der Waals surface area contributed by atoms with Crippen molar-refractivity contribution >= 4 is 23.4 Å². The molecule has 4 rings (SSSR count). The Morgan fingerprint density at radius 2 is 1.44 bits per heavy atom. The predicted molar refractivity (Wildman–Crippen MR) is 98.6 cm³/mol. The molecular formula is C17H20N6O4. The number of phenols is 2. The van der Waals surface area contributed by atoms with Gasteiger partial charge < -0.3 is 20.8 Å². The number of hydrogen-bond donors (Lipinski definition) is 6. The number of urea groups is 2. The molecule has 27 heavy (non-hydrogen) atoms. The van der Waals surface area contributed by atoms with E-state index in [4.69, 9.17) is 10.9 Å². The molecular weight excluding hydrogens is 352 g/mol. The van der Waals surface area contributed by atoms with E-state index >= 15 is 0 Å². The fraction of sp³-hybridized carbons (Fsp3) is 0.176. The molecule has 142 valence electrons. The summed E-state index contributed by atoms with van der Waals surface area (Å²) in [6, 6.07) is 9.10. The van der Waals surface area contributed by atoms with Crippen LogP contribution in [0.4, 0.5) is 21.0 Å². The fourth-order valence-electron chi connectivity index (χ4n) is 2.71. The van der Waals surface area contributed by atoms with Crippen LogP contribution in [0.5, 0.6) is 11.5 Å². The average Bonchev–Trinajstić information content (AvgIpc) is 2.63. The lowest BCUT2D eigenvalue weighted by molar-refractivity contribution is 0.185. The Kier molecular flexibility index (Phi) is 5.01. The number of phenolic OH excluding ortho intramolecular Hbond substituents is 2. The van der Waals surface area contributed by atoms with Crippen LogP contribution >= 0.6 is 0 Å². The molecule has 0 aromatic heterocycles. The van der Waals surface area contributed by atoms with Crippen LogP contribution in [0.2, 0.25) is 0 Å². The first-order valence-electron chi connectivity index (χ1n) is 8.10. The highest BCUT2D eigenvalue weighted by Gasteiger charge is 2.21. The topological polar surface area (TPSA) is 143 Å². The van der Waals surface area contributed by atoms with Crippen LogP contribution < -0.4 is 21.9 Å². The number of nitrogens with one attached hydrogen (secondary N) is 3. The molecule has 0 unspecified atom stereocenters. The molecule has 0 bridgehead atoms. The summed E-state index contributed by atoms with van der Waals surface area (Å²) in [5, 5.41) is 26.2. The molecule has 2 heterocycles. The molecule has 0 saturated carbocycles. The van der Waals surface area contributed by atoms with E-state index in [0.29, 0.717) is 18.8 Å². The number of aromatic hydroxyl groups is 2. The van der Waals surface area contributed by atoms with Crippen LogP contribution in [0.25, 0.3) is 0 Å². The Morgan fingerprint density at radius 3 is 2.00 bits per heavy atom. The monoisotopic (exact) mass is 372 g/mol. The Morgan fingerprint density at radius 1 is 0.926 bits per heavy atom. The maximum Gasteiger partial charge on any atom is 0.336 e. The number of carbonyl (C=O) groups is 2. The highest BCUT2D eigenvalue weighted by atomic mass is 16.3. The minimum Gasteiger partial charge on any atom is -0.508 e. The number of amides is 4. The summed E-state index contributed by atoms with van der Waals surface area (Å²) in [5.41, 5.74) is 5.90. The van der Waals surface area contributed by atoms with E-state index < -0.39 is 0 Å². The predicted octanol–water partition coefficient (Wildman–Crippen LogP) is 1.49. The quantitative estimate of drug-likeness (QED) is 0.254. The molecule has 0 fully saturated rings. The molecule has 2 aromatic rings. The van der Waals surface area contributed by atoms with Crippen LogP contribution in [0, 0.1) is 0 Å². The van der Waals surface area contributed by atoms with Crippen LogP contribution in [0.1, 0.15) is 11.1 Å². The largest absolute Gasteiger partial charge is 0.508 e. The Balaban J connectivity index is 0.000000156. The summed E-state index contributed by atoms with van der Waals surface area (Å²) in [7, 11) is 1.67. The number of hydrogen-bond acceptors (Lipinski definition) is 6. The smallest absolute Gasteiger partial charge is 0.336 e. The molecule has 0 spiro atoms. The van der Waals surface area contributed by atoms with Crippen molar-refractivity contribution in [1.82, 2.24) is 15.4 Å². The third-order valence-electron chi connectivity index (χ3n) is 4.11. The Labute approximate surface area is 155 Å². The zero-order chi connectivity index (χ0) is 19.6. The van der Waals surface area contributed by atoms with Crippen LogP contribution in [-0.4, -0.2) is 39.3 Å². The van der Waals surface area contributed by atoms with E-state index in [1.165, 1.54) is 11.1 Å². The summed E-state index contributed by atoms with van der Waals surface area (Å²) in [5.74, 6) is 5.76. The van der Waals surface area contributed by atoms with E-state index in [1.807, 2.05) is 0 Å². The Bertz CT molecular complexity index is 888. The Hall–Kier alpha value is -3.50. The molecule has 7 N–H and O–H groups in total. The number of hydrazine groups is 2. The van der Waals surface area contributed by atoms with Crippen molar-refractivity contribution < 1.29 is 19.8 Å². The standard InChI is InChI=1S/C9H11N3O2.C8H9N3O2/c1-10-12-5-6-4-7(13)2-3-8(6)11-9(12)14;9-11-4-5-3-6(12)1-2-7(5)10-8(11)13/h2-4,10,13H,5H2,1H3,(H,11,14);1-3,12H,4,9H2,(H,10,13). The first kappa shape index (κ1) is 18.3. The van der Waals surface area contributed by atoms with Crippen molar-refractivity contribution in [2.45, 2.75) is 13.1 Å². The van der Waals surface area contributed by atoms with Gasteiger partial charge in [0.1, 0.15) is 11.5 Å². The molecule has 10 heteroatoms. The number of nitrogens with zero attached hydrogens (tertiary/aromatic N) is 2. The number of anilines is 2. The average molecular weight is 372 g/mol. The van der Waals surface area contributed by atoms with Gasteiger partial charge in [-0.25, -0.2) is 20.9 Å². The van der Waals surface area contributed by atoms with E-state index in [9.17, 15) is 14.7 Å². The van der Waals surface area contributed by atoms with Gasteiger partial charge in [0.2, 0.25) is 0 Å². The number of carbonyl (C=O) groups excluding carboxylic acids is 2. The fourth-order valence-corrected chi connectivity index (χ4v) is 2.71. The molecule has 2 aromatic carbocycles. The van der Waals surface area contributed by atoms with Crippen LogP contribution in [-0.2, 0) is 13.1 Å². The van der Waals surface area contributed by atoms with Gasteiger partial charge in [-0.1, -0.05) is 0 Å². The van der Waals surface area contributed by atoms with Gasteiger partial charge in [-0.15, -0.1) is 0 Å². The number of benzene rings is 2. The minimum atomic E-state index is -0.335. The molecule has 0 radical (unpaired) electrons. The number of nitrogens with two attached hydrogens (primary N) is 1. The van der Waals surface area contributed by atoms with Crippen LogP contribution in [0.3, 0.4) is 0 Å². The summed E-state index contributed by atoms with van der Waals surface area (Å²) >= 11 is 0. The van der Waals surface area contributed by atoms with Crippen molar-refractivity contribution in [3.63, 3.8) is 0 Å². The second-order valence-corrected chi connectivity index (χ2v) is 5.98. The highest BCUT2D eigenvalue weighted by molar-refractivity contribution is 5.92. The summed E-state index contributed by atoms with van der Waals surface area (Å²) in [4.78, 5) is 22.4. The van der Waals surface area contributed by atoms with E-state index in [2.05, 4.69) is 16.1 Å². The van der Waals surface area contributed by atoms with Crippen molar-refractivity contribution in [1.29, 1.82) is 0 Å². The highest BCUT2D eigenvalue weighted by Crippen LogP contribution is 2.26. The maximum atomic E-state index is 11.4. The van der Waals surface area contributed by atoms with Gasteiger partial charge in [-0.3, -0.25) is 10.0 Å². The summed E-state index contributed by atoms with van der Waals surface area (Å²) < 4.78 is 0. The van der Waals surface area contributed by atoms with Gasteiger partial charge >= 0.3 is 12.1 Å². The number of fused-ring (bicyclic) bond motifs is 2. The van der Waals surface area contributed by atoms with Crippen molar-refractivity contribution in [2.75, 3.05) is 17.7 Å². The first-order valence-corrected chi connectivity index (χ1v) is 8.10.